The number of benzene rings is 1. The van der Waals surface area contributed by atoms with Crippen LogP contribution in [0, 0.1) is 0 Å². The molecule has 1 aromatic carbocycles. The maximum atomic E-state index is 12.1. The van der Waals surface area contributed by atoms with Crippen LogP contribution in [0.1, 0.15) is 23.7 Å². The number of hydrogen-bond donors (Lipinski definition) is 3. The number of carbonyl (C=O) groups excluding carboxylic acids is 2. The number of methoxy groups -OCH3 is 1. The van der Waals surface area contributed by atoms with Gasteiger partial charge in [-0.15, -0.1) is 0 Å². The van der Waals surface area contributed by atoms with Gasteiger partial charge in [0.2, 0.25) is 0 Å². The second-order valence-electron chi connectivity index (χ2n) is 4.83. The van der Waals surface area contributed by atoms with E-state index in [4.69, 9.17) is 9.47 Å². The minimum atomic E-state index is -0.242. The molecule has 0 spiro atoms. The summed E-state index contributed by atoms with van der Waals surface area (Å²) in [6, 6.07) is 4.84. The van der Waals surface area contributed by atoms with Crippen molar-refractivity contribution in [1.82, 2.24) is 16.0 Å². The minimum absolute atomic E-state index is 0.110. The molecule has 1 aromatic rings. The van der Waals surface area contributed by atoms with E-state index in [0.717, 1.165) is 19.5 Å². The highest BCUT2D eigenvalue weighted by Crippen LogP contribution is 2.27. The molecule has 0 aliphatic carbocycles. The zero-order valence-electron chi connectivity index (χ0n) is 13.9. The zero-order valence-corrected chi connectivity index (χ0v) is 13.9. The summed E-state index contributed by atoms with van der Waals surface area (Å²) in [4.78, 5) is 23.3. The molecule has 0 atom stereocenters. The van der Waals surface area contributed by atoms with Crippen molar-refractivity contribution in [2.75, 3.05) is 40.4 Å². The zero-order chi connectivity index (χ0) is 17.1. The van der Waals surface area contributed by atoms with Gasteiger partial charge in [-0.2, -0.15) is 0 Å². The van der Waals surface area contributed by atoms with E-state index in [0.29, 0.717) is 23.6 Å². The first-order valence-corrected chi connectivity index (χ1v) is 7.62. The van der Waals surface area contributed by atoms with Crippen molar-refractivity contribution in [2.45, 2.75) is 13.3 Å². The predicted molar refractivity (Wildman–Crippen MR) is 88.0 cm³/mol. The van der Waals surface area contributed by atoms with Gasteiger partial charge in [-0.25, -0.2) is 0 Å². The van der Waals surface area contributed by atoms with Gasteiger partial charge in [0.15, 0.2) is 18.1 Å². The molecule has 128 valence electrons. The Morgan fingerprint density at radius 2 is 1.91 bits per heavy atom. The molecule has 1 rings (SSSR count). The Morgan fingerprint density at radius 3 is 2.57 bits per heavy atom. The first-order valence-electron chi connectivity index (χ1n) is 7.62. The largest absolute Gasteiger partial charge is 0.493 e. The normalized spacial score (nSPS) is 10.0. The van der Waals surface area contributed by atoms with Gasteiger partial charge in [0.25, 0.3) is 11.8 Å². The third-order valence-corrected chi connectivity index (χ3v) is 3.08. The lowest BCUT2D eigenvalue weighted by Crippen LogP contribution is -2.32. The van der Waals surface area contributed by atoms with Gasteiger partial charge in [0, 0.05) is 25.7 Å². The SMILES string of the molecule is CCCNCCNC(=O)c1ccc(OCC(=O)NC)c(OC)c1. The highest BCUT2D eigenvalue weighted by Gasteiger charge is 2.11. The second kappa shape index (κ2) is 10.4. The average molecular weight is 323 g/mol. The summed E-state index contributed by atoms with van der Waals surface area (Å²) < 4.78 is 10.6. The molecule has 0 fully saturated rings. The van der Waals surface area contributed by atoms with Crippen LogP contribution in [0.3, 0.4) is 0 Å². The standard InChI is InChI=1S/C16H25N3O4/c1-4-7-18-8-9-19-16(21)12-5-6-13(14(10-12)22-3)23-11-15(20)17-2/h5-6,10,18H,4,7-9,11H2,1-3H3,(H,17,20)(H,19,21). The third kappa shape index (κ3) is 6.56. The molecule has 0 radical (unpaired) electrons. The van der Waals surface area contributed by atoms with E-state index in [-0.39, 0.29) is 18.4 Å². The molecule has 23 heavy (non-hydrogen) atoms. The van der Waals surface area contributed by atoms with Crippen molar-refractivity contribution in [3.05, 3.63) is 23.8 Å². The topological polar surface area (TPSA) is 88.7 Å². The Kier molecular flexibility index (Phi) is 8.52. The number of nitrogens with one attached hydrogen (secondary N) is 3. The number of ether oxygens (including phenoxy) is 2. The van der Waals surface area contributed by atoms with E-state index >= 15 is 0 Å². The Morgan fingerprint density at radius 1 is 1.13 bits per heavy atom. The van der Waals surface area contributed by atoms with E-state index in [2.05, 4.69) is 22.9 Å². The van der Waals surface area contributed by atoms with E-state index in [1.54, 1.807) is 18.2 Å². The first-order chi connectivity index (χ1) is 11.1. The minimum Gasteiger partial charge on any atom is -0.493 e. The van der Waals surface area contributed by atoms with Crippen molar-refractivity contribution in [3.63, 3.8) is 0 Å². The van der Waals surface area contributed by atoms with Gasteiger partial charge >= 0.3 is 0 Å². The maximum Gasteiger partial charge on any atom is 0.257 e. The van der Waals surface area contributed by atoms with Crippen molar-refractivity contribution in [2.24, 2.45) is 0 Å². The molecule has 7 heteroatoms. The number of carbonyl (C=O) groups is 2. The summed E-state index contributed by atoms with van der Waals surface area (Å²) in [5, 5.41) is 8.50. The number of likely N-dealkylation sites (N-methyl/N-ethyl adjacent to an activating group) is 1. The van der Waals surface area contributed by atoms with Crippen molar-refractivity contribution < 1.29 is 19.1 Å². The fourth-order valence-electron chi connectivity index (χ4n) is 1.81. The fraction of sp³-hybridized carbons (Fsp3) is 0.500. The van der Waals surface area contributed by atoms with Crippen LogP contribution in [0.15, 0.2) is 18.2 Å². The summed E-state index contributed by atoms with van der Waals surface area (Å²) in [7, 11) is 3.02. The monoisotopic (exact) mass is 323 g/mol. The smallest absolute Gasteiger partial charge is 0.257 e. The number of amides is 2. The molecular formula is C16H25N3O4. The summed E-state index contributed by atoms with van der Waals surface area (Å²) in [6.45, 7) is 4.19. The first kappa shape index (κ1) is 18.8. The van der Waals surface area contributed by atoms with Crippen LogP contribution in [0.4, 0.5) is 0 Å². The molecule has 0 saturated carbocycles. The lowest BCUT2D eigenvalue weighted by Gasteiger charge is -2.12. The van der Waals surface area contributed by atoms with Gasteiger partial charge in [-0.05, 0) is 31.2 Å². The molecular weight excluding hydrogens is 298 g/mol. The number of rotatable bonds is 10. The van der Waals surface area contributed by atoms with Crippen LogP contribution >= 0.6 is 0 Å². The lowest BCUT2D eigenvalue weighted by atomic mass is 10.2. The quantitative estimate of drug-likeness (QED) is 0.547. The molecule has 0 aliphatic rings. The van der Waals surface area contributed by atoms with Gasteiger partial charge in [0.1, 0.15) is 0 Å². The molecule has 0 unspecified atom stereocenters. The summed E-state index contributed by atoms with van der Waals surface area (Å²) in [5.74, 6) is 0.399. The van der Waals surface area contributed by atoms with Crippen LogP contribution in [0.2, 0.25) is 0 Å². The van der Waals surface area contributed by atoms with Gasteiger partial charge in [-0.1, -0.05) is 6.92 Å². The highest BCUT2D eigenvalue weighted by molar-refractivity contribution is 5.94. The molecule has 2 amide bonds. The molecule has 7 nitrogen and oxygen atoms in total. The molecule has 0 aromatic heterocycles. The Bertz CT molecular complexity index is 520. The highest BCUT2D eigenvalue weighted by atomic mass is 16.5. The van der Waals surface area contributed by atoms with Crippen LogP contribution < -0.4 is 25.4 Å². The average Bonchev–Trinajstić information content (AvgIpc) is 2.58. The van der Waals surface area contributed by atoms with E-state index in [1.807, 2.05) is 0 Å². The molecule has 0 bridgehead atoms. The molecule has 0 saturated heterocycles. The van der Waals surface area contributed by atoms with E-state index in [1.165, 1.54) is 14.2 Å². The van der Waals surface area contributed by atoms with Crippen LogP contribution in [0.25, 0.3) is 0 Å². The fourth-order valence-corrected chi connectivity index (χ4v) is 1.81. The molecule has 0 heterocycles. The van der Waals surface area contributed by atoms with E-state index < -0.39 is 0 Å². The van der Waals surface area contributed by atoms with Crippen LogP contribution in [0.5, 0.6) is 11.5 Å². The Hall–Kier alpha value is -2.28. The molecule has 3 N–H and O–H groups in total. The molecule has 0 aliphatic heterocycles. The third-order valence-electron chi connectivity index (χ3n) is 3.08. The van der Waals surface area contributed by atoms with Gasteiger partial charge in [-0.3, -0.25) is 9.59 Å². The Labute approximate surface area is 136 Å². The maximum absolute atomic E-state index is 12.1. The summed E-state index contributed by atoms with van der Waals surface area (Å²) in [5.41, 5.74) is 0.477. The summed E-state index contributed by atoms with van der Waals surface area (Å²) in [6.07, 6.45) is 1.06. The van der Waals surface area contributed by atoms with Crippen LogP contribution in [-0.2, 0) is 4.79 Å². The Balaban J connectivity index is 2.59. The van der Waals surface area contributed by atoms with Crippen molar-refractivity contribution in [1.29, 1.82) is 0 Å². The summed E-state index contributed by atoms with van der Waals surface area (Å²) >= 11 is 0. The van der Waals surface area contributed by atoms with E-state index in [9.17, 15) is 9.59 Å². The van der Waals surface area contributed by atoms with Crippen molar-refractivity contribution in [3.8, 4) is 11.5 Å². The van der Waals surface area contributed by atoms with Gasteiger partial charge < -0.3 is 25.4 Å². The second-order valence-corrected chi connectivity index (χ2v) is 4.83. The number of hydrogen-bond acceptors (Lipinski definition) is 5. The van der Waals surface area contributed by atoms with Gasteiger partial charge in [0.05, 0.1) is 7.11 Å². The predicted octanol–water partition coefficient (Wildman–Crippen LogP) is 0.549. The lowest BCUT2D eigenvalue weighted by molar-refractivity contribution is -0.122. The van der Waals surface area contributed by atoms with Crippen LogP contribution in [-0.4, -0.2) is 52.2 Å². The van der Waals surface area contributed by atoms with Crippen molar-refractivity contribution >= 4 is 11.8 Å².